The number of hydrogen-bond acceptors (Lipinski definition) is 4. The fourth-order valence-electron chi connectivity index (χ4n) is 3.61. The lowest BCUT2D eigenvalue weighted by Gasteiger charge is -2.24. The molecule has 2 aromatic heterocycles. The molecule has 1 amide bonds. The SMILES string of the molecule is COCc1ccc(C(=O)NC2CCCc3c2cnn3Cc2ccccc2)o1. The lowest BCUT2D eigenvalue weighted by atomic mass is 9.93. The third-order valence-corrected chi connectivity index (χ3v) is 4.92. The molecule has 1 N–H and O–H groups in total. The minimum absolute atomic E-state index is 0.0400. The van der Waals surface area contributed by atoms with Crippen LogP contribution < -0.4 is 5.32 Å². The van der Waals surface area contributed by atoms with Gasteiger partial charge in [0, 0.05) is 18.4 Å². The second kappa shape index (κ2) is 7.80. The smallest absolute Gasteiger partial charge is 0.287 e. The summed E-state index contributed by atoms with van der Waals surface area (Å²) in [5, 5.41) is 7.67. The number of fused-ring (bicyclic) bond motifs is 1. The topological polar surface area (TPSA) is 69.3 Å². The van der Waals surface area contributed by atoms with Gasteiger partial charge in [-0.3, -0.25) is 9.48 Å². The van der Waals surface area contributed by atoms with Crippen molar-refractivity contribution in [2.75, 3.05) is 7.11 Å². The van der Waals surface area contributed by atoms with E-state index >= 15 is 0 Å². The van der Waals surface area contributed by atoms with Crippen molar-refractivity contribution in [2.45, 2.75) is 38.5 Å². The van der Waals surface area contributed by atoms with Gasteiger partial charge in [-0.05, 0) is 37.0 Å². The third kappa shape index (κ3) is 3.80. The third-order valence-electron chi connectivity index (χ3n) is 4.92. The Kier molecular flexibility index (Phi) is 5.07. The zero-order chi connectivity index (χ0) is 18.6. The number of aromatic nitrogens is 2. The van der Waals surface area contributed by atoms with E-state index in [1.807, 2.05) is 29.1 Å². The molecule has 1 aliphatic rings. The van der Waals surface area contributed by atoms with Gasteiger partial charge in [0.15, 0.2) is 5.76 Å². The van der Waals surface area contributed by atoms with Gasteiger partial charge in [0.2, 0.25) is 0 Å². The van der Waals surface area contributed by atoms with Crippen molar-refractivity contribution in [2.24, 2.45) is 0 Å². The standard InChI is InChI=1S/C21H23N3O3/c1-26-14-16-10-11-20(27-16)21(25)23-18-8-5-9-19-17(18)12-22-24(19)13-15-6-3-2-4-7-15/h2-4,6-7,10-12,18H,5,8-9,13-14H2,1H3,(H,23,25). The number of furan rings is 1. The number of nitrogens with zero attached hydrogens (tertiary/aromatic N) is 2. The van der Waals surface area contributed by atoms with Crippen LogP contribution >= 0.6 is 0 Å². The number of hydrogen-bond donors (Lipinski definition) is 1. The monoisotopic (exact) mass is 365 g/mol. The van der Waals surface area contributed by atoms with Crippen molar-refractivity contribution in [1.29, 1.82) is 0 Å². The fraction of sp³-hybridized carbons (Fsp3) is 0.333. The van der Waals surface area contributed by atoms with Crippen LogP contribution in [0.1, 0.15) is 52.0 Å². The van der Waals surface area contributed by atoms with Crippen LogP contribution in [0.5, 0.6) is 0 Å². The summed E-state index contributed by atoms with van der Waals surface area (Å²) in [6, 6.07) is 13.7. The van der Waals surface area contributed by atoms with Crippen LogP contribution in [0.25, 0.3) is 0 Å². The maximum absolute atomic E-state index is 12.6. The number of nitrogens with one attached hydrogen (secondary N) is 1. The Bertz CT molecular complexity index is 914. The maximum atomic E-state index is 12.6. The summed E-state index contributed by atoms with van der Waals surface area (Å²) < 4.78 is 12.6. The molecule has 0 spiro atoms. The van der Waals surface area contributed by atoms with Crippen molar-refractivity contribution >= 4 is 5.91 Å². The number of amides is 1. The van der Waals surface area contributed by atoms with E-state index in [1.54, 1.807) is 19.2 Å². The van der Waals surface area contributed by atoms with Crippen LogP contribution in [0.3, 0.4) is 0 Å². The van der Waals surface area contributed by atoms with Gasteiger partial charge in [0.25, 0.3) is 5.91 Å². The van der Waals surface area contributed by atoms with E-state index < -0.39 is 0 Å². The molecule has 1 aliphatic carbocycles. The molecule has 140 valence electrons. The van der Waals surface area contributed by atoms with Gasteiger partial charge in [0.1, 0.15) is 12.4 Å². The predicted molar refractivity (Wildman–Crippen MR) is 100 cm³/mol. The Hall–Kier alpha value is -2.86. The highest BCUT2D eigenvalue weighted by atomic mass is 16.5. The summed E-state index contributed by atoms with van der Waals surface area (Å²) in [7, 11) is 1.60. The van der Waals surface area contributed by atoms with E-state index in [2.05, 4.69) is 22.5 Å². The minimum Gasteiger partial charge on any atom is -0.453 e. The highest BCUT2D eigenvalue weighted by molar-refractivity contribution is 5.91. The molecule has 1 aromatic carbocycles. The van der Waals surface area contributed by atoms with Gasteiger partial charge in [-0.25, -0.2) is 0 Å². The number of carbonyl (C=O) groups excluding carboxylic acids is 1. The van der Waals surface area contributed by atoms with E-state index in [1.165, 1.54) is 11.3 Å². The largest absolute Gasteiger partial charge is 0.453 e. The molecular weight excluding hydrogens is 342 g/mol. The van der Waals surface area contributed by atoms with Gasteiger partial charge in [0.05, 0.1) is 18.8 Å². The average molecular weight is 365 g/mol. The maximum Gasteiger partial charge on any atom is 0.287 e. The number of carbonyl (C=O) groups is 1. The summed E-state index contributed by atoms with van der Waals surface area (Å²) in [5.41, 5.74) is 3.53. The van der Waals surface area contributed by atoms with E-state index in [0.717, 1.165) is 31.4 Å². The molecule has 0 saturated carbocycles. The molecule has 6 nitrogen and oxygen atoms in total. The van der Waals surface area contributed by atoms with Crippen LogP contribution in [-0.4, -0.2) is 22.8 Å². The molecular formula is C21H23N3O3. The number of benzene rings is 1. The fourth-order valence-corrected chi connectivity index (χ4v) is 3.61. The second-order valence-electron chi connectivity index (χ2n) is 6.81. The summed E-state index contributed by atoms with van der Waals surface area (Å²) in [6.45, 7) is 1.10. The van der Waals surface area contributed by atoms with E-state index in [0.29, 0.717) is 18.1 Å². The summed E-state index contributed by atoms with van der Waals surface area (Å²) in [6.07, 6.45) is 4.79. The Morgan fingerprint density at radius 1 is 1.30 bits per heavy atom. The van der Waals surface area contributed by atoms with E-state index in [-0.39, 0.29) is 11.9 Å². The molecule has 3 aromatic rings. The summed E-state index contributed by atoms with van der Waals surface area (Å²) in [5.74, 6) is 0.750. The van der Waals surface area contributed by atoms with Gasteiger partial charge in [-0.2, -0.15) is 5.10 Å². The first-order chi connectivity index (χ1) is 13.2. The molecule has 27 heavy (non-hydrogen) atoms. The molecule has 1 atom stereocenters. The number of methoxy groups -OCH3 is 1. The van der Waals surface area contributed by atoms with Gasteiger partial charge >= 0.3 is 0 Å². The molecule has 0 radical (unpaired) electrons. The molecule has 6 heteroatoms. The highest BCUT2D eigenvalue weighted by Crippen LogP contribution is 2.30. The molecule has 0 bridgehead atoms. The molecule has 2 heterocycles. The van der Waals surface area contributed by atoms with Crippen molar-refractivity contribution in [3.8, 4) is 0 Å². The van der Waals surface area contributed by atoms with Crippen molar-refractivity contribution in [3.05, 3.63) is 77.0 Å². The van der Waals surface area contributed by atoms with Crippen molar-refractivity contribution < 1.29 is 13.9 Å². The first-order valence-electron chi connectivity index (χ1n) is 9.21. The molecule has 4 rings (SSSR count). The highest BCUT2D eigenvalue weighted by Gasteiger charge is 2.26. The summed E-state index contributed by atoms with van der Waals surface area (Å²) >= 11 is 0. The lowest BCUT2D eigenvalue weighted by molar-refractivity contribution is 0.0896. The lowest BCUT2D eigenvalue weighted by Crippen LogP contribution is -2.30. The predicted octanol–water partition coefficient (Wildman–Crippen LogP) is 3.48. The van der Waals surface area contributed by atoms with Crippen molar-refractivity contribution in [3.63, 3.8) is 0 Å². The molecule has 0 fully saturated rings. The van der Waals surface area contributed by atoms with Crippen LogP contribution in [0.2, 0.25) is 0 Å². The molecule has 0 aliphatic heterocycles. The van der Waals surface area contributed by atoms with Gasteiger partial charge in [-0.1, -0.05) is 30.3 Å². The Labute approximate surface area is 158 Å². The quantitative estimate of drug-likeness (QED) is 0.726. The Balaban J connectivity index is 1.49. The van der Waals surface area contributed by atoms with Crippen LogP contribution in [0.15, 0.2) is 53.1 Å². The zero-order valence-corrected chi connectivity index (χ0v) is 15.4. The zero-order valence-electron chi connectivity index (χ0n) is 15.4. The molecule has 0 saturated heterocycles. The van der Waals surface area contributed by atoms with Crippen LogP contribution in [0.4, 0.5) is 0 Å². The molecule has 1 unspecified atom stereocenters. The summed E-state index contributed by atoms with van der Waals surface area (Å²) in [4.78, 5) is 12.6. The normalized spacial score (nSPS) is 16.1. The van der Waals surface area contributed by atoms with Crippen LogP contribution in [-0.2, 0) is 24.3 Å². The average Bonchev–Trinajstić information content (AvgIpc) is 3.31. The van der Waals surface area contributed by atoms with E-state index in [9.17, 15) is 4.79 Å². The van der Waals surface area contributed by atoms with E-state index in [4.69, 9.17) is 9.15 Å². The number of rotatable bonds is 6. The second-order valence-corrected chi connectivity index (χ2v) is 6.81. The first kappa shape index (κ1) is 17.5. The Morgan fingerprint density at radius 2 is 2.15 bits per heavy atom. The van der Waals surface area contributed by atoms with Gasteiger partial charge in [-0.15, -0.1) is 0 Å². The van der Waals surface area contributed by atoms with Crippen molar-refractivity contribution in [1.82, 2.24) is 15.1 Å². The minimum atomic E-state index is -0.203. The van der Waals surface area contributed by atoms with Crippen LogP contribution in [0, 0.1) is 0 Å². The number of ether oxygens (including phenoxy) is 1. The first-order valence-corrected chi connectivity index (χ1v) is 9.21. The van der Waals surface area contributed by atoms with Gasteiger partial charge < -0.3 is 14.5 Å². The Morgan fingerprint density at radius 3 is 2.96 bits per heavy atom.